The first kappa shape index (κ1) is 16.2. The average molecular weight is 338 g/mol. The number of anilines is 1. The highest BCUT2D eigenvalue weighted by atomic mass is 19.1. The molecule has 4 rings (SSSR count). The molecule has 0 amide bonds. The van der Waals surface area contributed by atoms with Crippen molar-refractivity contribution in [2.75, 3.05) is 18.0 Å². The van der Waals surface area contributed by atoms with Crippen molar-refractivity contribution in [1.29, 1.82) is 0 Å². The van der Waals surface area contributed by atoms with Crippen LogP contribution in [0.15, 0.2) is 36.4 Å². The van der Waals surface area contributed by atoms with Crippen LogP contribution in [0, 0.1) is 12.7 Å². The highest BCUT2D eigenvalue weighted by molar-refractivity contribution is 5.68. The predicted molar refractivity (Wildman–Crippen MR) is 97.9 cm³/mol. The van der Waals surface area contributed by atoms with Gasteiger partial charge in [-0.25, -0.2) is 14.4 Å². The van der Waals surface area contributed by atoms with Gasteiger partial charge in [0.2, 0.25) is 0 Å². The number of aryl methyl sites for hydroxylation is 1. The lowest BCUT2D eigenvalue weighted by atomic mass is 9.78. The molecular formula is C20H23FN4. The number of nitrogens with two attached hydrogens (primary N) is 1. The predicted octanol–water partition coefficient (Wildman–Crippen LogP) is 3.42. The molecule has 1 aliphatic carbocycles. The lowest BCUT2D eigenvalue weighted by molar-refractivity contribution is 0.344. The van der Waals surface area contributed by atoms with Crippen molar-refractivity contribution in [2.45, 2.75) is 38.1 Å². The van der Waals surface area contributed by atoms with E-state index in [0.717, 1.165) is 55.3 Å². The fourth-order valence-electron chi connectivity index (χ4n) is 3.65. The summed E-state index contributed by atoms with van der Waals surface area (Å²) in [5.74, 6) is 2.10. The number of nitrogens with zero attached hydrogens (tertiary/aromatic N) is 3. The summed E-state index contributed by atoms with van der Waals surface area (Å²) in [7, 11) is 0. The van der Waals surface area contributed by atoms with E-state index in [1.165, 1.54) is 17.7 Å². The summed E-state index contributed by atoms with van der Waals surface area (Å²) >= 11 is 0. The standard InChI is InChI=1S/C20H23FN4/c1-13-23-19(16-10-18(22)11-16)12-20(24-13)25-8-6-15(7-9-25)14-2-4-17(21)5-3-14/h2-6,12,16,18H,7-11,22H2,1H3. The van der Waals surface area contributed by atoms with E-state index in [2.05, 4.69) is 27.0 Å². The third-order valence-corrected chi connectivity index (χ3v) is 5.19. The van der Waals surface area contributed by atoms with Gasteiger partial charge in [0.1, 0.15) is 17.5 Å². The molecule has 1 aromatic heterocycles. The van der Waals surface area contributed by atoms with Crippen molar-refractivity contribution in [1.82, 2.24) is 9.97 Å². The number of benzene rings is 1. The molecule has 0 unspecified atom stereocenters. The van der Waals surface area contributed by atoms with Crippen molar-refractivity contribution in [3.8, 4) is 0 Å². The summed E-state index contributed by atoms with van der Waals surface area (Å²) in [5, 5.41) is 0. The Bertz CT molecular complexity index is 794. The van der Waals surface area contributed by atoms with Crippen LogP contribution in [0.2, 0.25) is 0 Å². The minimum atomic E-state index is -0.193. The van der Waals surface area contributed by atoms with Crippen molar-refractivity contribution in [2.24, 2.45) is 5.73 Å². The maximum Gasteiger partial charge on any atom is 0.132 e. The van der Waals surface area contributed by atoms with E-state index in [0.29, 0.717) is 12.0 Å². The van der Waals surface area contributed by atoms with E-state index in [1.54, 1.807) is 0 Å². The molecular weight excluding hydrogens is 315 g/mol. The van der Waals surface area contributed by atoms with Gasteiger partial charge >= 0.3 is 0 Å². The normalized spacial score (nSPS) is 23.2. The number of halogens is 1. The molecule has 25 heavy (non-hydrogen) atoms. The fraction of sp³-hybridized carbons (Fsp3) is 0.400. The van der Waals surface area contributed by atoms with Crippen LogP contribution in [0.25, 0.3) is 5.57 Å². The van der Waals surface area contributed by atoms with Gasteiger partial charge in [0, 0.05) is 36.8 Å². The number of hydrogen-bond donors (Lipinski definition) is 1. The second kappa shape index (κ2) is 6.56. The van der Waals surface area contributed by atoms with Crippen molar-refractivity contribution in [3.63, 3.8) is 0 Å². The molecule has 1 saturated carbocycles. The van der Waals surface area contributed by atoms with E-state index in [-0.39, 0.29) is 5.82 Å². The number of rotatable bonds is 3. The Morgan fingerprint density at radius 2 is 1.92 bits per heavy atom. The summed E-state index contributed by atoms with van der Waals surface area (Å²) < 4.78 is 13.1. The van der Waals surface area contributed by atoms with Crippen molar-refractivity contribution >= 4 is 11.4 Å². The molecule has 2 aromatic rings. The largest absolute Gasteiger partial charge is 0.352 e. The van der Waals surface area contributed by atoms with Gasteiger partial charge in [0.25, 0.3) is 0 Å². The lowest BCUT2D eigenvalue weighted by Crippen LogP contribution is -2.35. The summed E-state index contributed by atoms with van der Waals surface area (Å²) in [6.45, 7) is 3.67. The fourth-order valence-corrected chi connectivity index (χ4v) is 3.65. The summed E-state index contributed by atoms with van der Waals surface area (Å²) in [6, 6.07) is 9.19. The Balaban J connectivity index is 1.51. The molecule has 1 aromatic carbocycles. The number of hydrogen-bond acceptors (Lipinski definition) is 4. The monoisotopic (exact) mass is 338 g/mol. The van der Waals surface area contributed by atoms with Gasteiger partial charge < -0.3 is 10.6 Å². The number of aromatic nitrogens is 2. The van der Waals surface area contributed by atoms with Crippen molar-refractivity contribution < 1.29 is 4.39 Å². The first-order valence-electron chi connectivity index (χ1n) is 8.89. The molecule has 4 nitrogen and oxygen atoms in total. The van der Waals surface area contributed by atoms with Gasteiger partial charge in [-0.2, -0.15) is 0 Å². The van der Waals surface area contributed by atoms with Gasteiger partial charge in [-0.3, -0.25) is 0 Å². The van der Waals surface area contributed by atoms with Crippen LogP contribution in [-0.4, -0.2) is 29.1 Å². The van der Waals surface area contributed by atoms with Crippen LogP contribution >= 0.6 is 0 Å². The Hall–Kier alpha value is -2.27. The van der Waals surface area contributed by atoms with E-state index in [9.17, 15) is 4.39 Å². The Morgan fingerprint density at radius 1 is 1.16 bits per heavy atom. The van der Waals surface area contributed by atoms with Crippen LogP contribution in [0.4, 0.5) is 10.2 Å². The Labute approximate surface area is 147 Å². The molecule has 2 N–H and O–H groups in total. The zero-order valence-electron chi connectivity index (χ0n) is 14.5. The third kappa shape index (κ3) is 3.42. The SMILES string of the molecule is Cc1nc(C2CC(N)C2)cc(N2CC=C(c3ccc(F)cc3)CC2)n1. The maximum absolute atomic E-state index is 13.1. The minimum Gasteiger partial charge on any atom is -0.352 e. The lowest BCUT2D eigenvalue weighted by Gasteiger charge is -2.33. The van der Waals surface area contributed by atoms with E-state index in [4.69, 9.17) is 5.73 Å². The van der Waals surface area contributed by atoms with Gasteiger partial charge in [0.15, 0.2) is 0 Å². The first-order valence-corrected chi connectivity index (χ1v) is 8.89. The third-order valence-electron chi connectivity index (χ3n) is 5.19. The molecule has 0 saturated heterocycles. The van der Waals surface area contributed by atoms with E-state index >= 15 is 0 Å². The molecule has 1 fully saturated rings. The van der Waals surface area contributed by atoms with E-state index < -0.39 is 0 Å². The second-order valence-corrected chi connectivity index (χ2v) is 7.06. The molecule has 0 spiro atoms. The van der Waals surface area contributed by atoms with Crippen molar-refractivity contribution in [3.05, 3.63) is 59.3 Å². The molecule has 1 aliphatic heterocycles. The summed E-state index contributed by atoms with van der Waals surface area (Å²) in [6.07, 6.45) is 5.18. The highest BCUT2D eigenvalue weighted by Gasteiger charge is 2.29. The Morgan fingerprint density at radius 3 is 2.56 bits per heavy atom. The molecule has 0 atom stereocenters. The molecule has 0 bridgehead atoms. The molecule has 0 radical (unpaired) electrons. The van der Waals surface area contributed by atoms with Crippen LogP contribution in [-0.2, 0) is 0 Å². The zero-order chi connectivity index (χ0) is 17.4. The topological polar surface area (TPSA) is 55.0 Å². The minimum absolute atomic E-state index is 0.193. The Kier molecular flexibility index (Phi) is 4.25. The second-order valence-electron chi connectivity index (χ2n) is 7.06. The first-order chi connectivity index (χ1) is 12.1. The molecule has 130 valence electrons. The average Bonchev–Trinajstić information content (AvgIpc) is 2.59. The van der Waals surface area contributed by atoms with Crippen LogP contribution in [0.1, 0.15) is 42.3 Å². The van der Waals surface area contributed by atoms with Gasteiger partial charge in [0.05, 0.1) is 0 Å². The van der Waals surface area contributed by atoms with Gasteiger partial charge in [-0.15, -0.1) is 0 Å². The summed E-state index contributed by atoms with van der Waals surface area (Å²) in [4.78, 5) is 11.5. The zero-order valence-corrected chi connectivity index (χ0v) is 14.5. The quantitative estimate of drug-likeness (QED) is 0.932. The van der Waals surface area contributed by atoms with Crippen LogP contribution < -0.4 is 10.6 Å². The summed E-state index contributed by atoms with van der Waals surface area (Å²) in [5.41, 5.74) is 9.41. The molecule has 2 aliphatic rings. The van der Waals surface area contributed by atoms with Gasteiger partial charge in [-0.05, 0) is 49.5 Å². The highest BCUT2D eigenvalue weighted by Crippen LogP contribution is 2.36. The maximum atomic E-state index is 13.1. The smallest absolute Gasteiger partial charge is 0.132 e. The molecule has 5 heteroatoms. The molecule has 2 heterocycles. The van der Waals surface area contributed by atoms with Crippen LogP contribution in [0.5, 0.6) is 0 Å². The van der Waals surface area contributed by atoms with Crippen LogP contribution in [0.3, 0.4) is 0 Å². The van der Waals surface area contributed by atoms with E-state index in [1.807, 2.05) is 19.1 Å². The van der Waals surface area contributed by atoms with Gasteiger partial charge in [-0.1, -0.05) is 18.2 Å².